The van der Waals surface area contributed by atoms with Crippen LogP contribution in [-0.2, 0) is 11.6 Å². The average Bonchev–Trinajstić information content (AvgIpc) is 3.02. The second-order valence-corrected chi connectivity index (χ2v) is 12.5. The molecular formula is C41H31F3. The number of rotatable bonds is 3. The average molecular weight is 581 g/mol. The van der Waals surface area contributed by atoms with E-state index in [1.54, 1.807) is 12.1 Å². The number of hydrogen-bond donors (Lipinski definition) is 0. The van der Waals surface area contributed by atoms with Crippen LogP contribution in [0.15, 0.2) is 133 Å². The molecule has 0 N–H and O–H groups in total. The van der Waals surface area contributed by atoms with Gasteiger partial charge in [-0.1, -0.05) is 130 Å². The fraction of sp³-hybridized carbons (Fsp3) is 0.122. The van der Waals surface area contributed by atoms with Crippen molar-refractivity contribution in [3.8, 4) is 33.4 Å². The third-order valence-electron chi connectivity index (χ3n) is 8.65. The molecule has 0 aliphatic rings. The number of alkyl halides is 3. The van der Waals surface area contributed by atoms with Gasteiger partial charge in [0.15, 0.2) is 0 Å². The molecule has 0 nitrogen and oxygen atoms in total. The first-order chi connectivity index (χ1) is 21.1. The van der Waals surface area contributed by atoms with Crippen molar-refractivity contribution in [2.75, 3.05) is 0 Å². The van der Waals surface area contributed by atoms with Crippen LogP contribution >= 0.6 is 0 Å². The normalized spacial score (nSPS) is 12.3. The predicted octanol–water partition coefficient (Wildman–Crippen LogP) is 12.5. The molecule has 0 amide bonds. The van der Waals surface area contributed by atoms with Crippen LogP contribution in [0.1, 0.15) is 31.9 Å². The summed E-state index contributed by atoms with van der Waals surface area (Å²) in [6, 6.07) is 43.9. The molecule has 0 heterocycles. The third-order valence-corrected chi connectivity index (χ3v) is 8.65. The third kappa shape index (κ3) is 4.93. The molecule has 44 heavy (non-hydrogen) atoms. The lowest BCUT2D eigenvalue weighted by Crippen LogP contribution is -2.10. The highest BCUT2D eigenvalue weighted by molar-refractivity contribution is 6.22. The molecule has 0 saturated carbocycles. The Morgan fingerprint density at radius 3 is 1.52 bits per heavy atom. The fourth-order valence-corrected chi connectivity index (χ4v) is 6.31. The predicted molar refractivity (Wildman–Crippen MR) is 179 cm³/mol. The molecule has 7 aromatic rings. The number of hydrogen-bond acceptors (Lipinski definition) is 0. The van der Waals surface area contributed by atoms with Crippen LogP contribution in [0.5, 0.6) is 0 Å². The van der Waals surface area contributed by atoms with E-state index in [0.29, 0.717) is 0 Å². The minimum atomic E-state index is -4.39. The molecule has 0 fully saturated rings. The van der Waals surface area contributed by atoms with E-state index in [1.165, 1.54) is 23.1 Å². The molecule has 0 bridgehead atoms. The van der Waals surface area contributed by atoms with E-state index < -0.39 is 11.7 Å². The van der Waals surface area contributed by atoms with Crippen LogP contribution in [0.25, 0.3) is 65.7 Å². The standard InChI is InChI=1S/C41H31F3/c1-40(2,3)32-19-14-27(15-20-32)30-18-23-36-37(25-30)38(28-16-21-33(22-17-28)41(42,43)44)34-10-6-7-11-35(34)39(36)31-13-12-26-8-4-5-9-29(26)24-31/h4-25H,1-3H3. The van der Waals surface area contributed by atoms with Gasteiger partial charge in [0.25, 0.3) is 0 Å². The Labute approximate surface area is 255 Å². The zero-order valence-electron chi connectivity index (χ0n) is 24.8. The molecule has 0 aromatic heterocycles. The molecule has 0 saturated heterocycles. The van der Waals surface area contributed by atoms with Crippen molar-refractivity contribution in [3.63, 3.8) is 0 Å². The van der Waals surface area contributed by atoms with Crippen LogP contribution in [0.4, 0.5) is 13.2 Å². The van der Waals surface area contributed by atoms with E-state index in [4.69, 9.17) is 0 Å². The Kier molecular flexibility index (Phi) is 6.58. The second-order valence-electron chi connectivity index (χ2n) is 12.5. The van der Waals surface area contributed by atoms with Gasteiger partial charge in [0.1, 0.15) is 0 Å². The van der Waals surface area contributed by atoms with Gasteiger partial charge in [-0.25, -0.2) is 0 Å². The van der Waals surface area contributed by atoms with E-state index in [-0.39, 0.29) is 5.41 Å². The molecule has 0 unspecified atom stereocenters. The van der Waals surface area contributed by atoms with Gasteiger partial charge in [-0.3, -0.25) is 0 Å². The van der Waals surface area contributed by atoms with Gasteiger partial charge in [-0.15, -0.1) is 0 Å². The summed E-state index contributed by atoms with van der Waals surface area (Å²) in [5.41, 5.74) is 6.72. The first-order valence-corrected chi connectivity index (χ1v) is 14.8. The maximum absolute atomic E-state index is 13.5. The van der Waals surface area contributed by atoms with Gasteiger partial charge >= 0.3 is 6.18 Å². The number of halogens is 3. The Morgan fingerprint density at radius 1 is 0.386 bits per heavy atom. The number of fused-ring (bicyclic) bond motifs is 3. The summed E-state index contributed by atoms with van der Waals surface area (Å²) < 4.78 is 40.6. The molecule has 216 valence electrons. The Bertz CT molecular complexity index is 2160. The monoisotopic (exact) mass is 580 g/mol. The second kappa shape index (κ2) is 10.4. The molecule has 3 heteroatoms. The molecule has 0 spiro atoms. The lowest BCUT2D eigenvalue weighted by atomic mass is 9.83. The summed E-state index contributed by atoms with van der Waals surface area (Å²) in [6.07, 6.45) is -4.39. The smallest absolute Gasteiger partial charge is 0.166 e. The molecule has 0 radical (unpaired) electrons. The van der Waals surface area contributed by atoms with Gasteiger partial charge in [-0.05, 0) is 101 Å². The minimum Gasteiger partial charge on any atom is -0.166 e. The summed E-state index contributed by atoms with van der Waals surface area (Å²) in [6.45, 7) is 6.61. The van der Waals surface area contributed by atoms with E-state index in [1.807, 2.05) is 24.3 Å². The van der Waals surface area contributed by atoms with E-state index >= 15 is 0 Å². The topological polar surface area (TPSA) is 0 Å². The summed E-state index contributed by atoms with van der Waals surface area (Å²) in [4.78, 5) is 0. The van der Waals surface area contributed by atoms with Gasteiger partial charge in [0.2, 0.25) is 0 Å². The maximum Gasteiger partial charge on any atom is 0.416 e. The van der Waals surface area contributed by atoms with Crippen LogP contribution < -0.4 is 0 Å². The zero-order chi connectivity index (χ0) is 30.6. The highest BCUT2D eigenvalue weighted by Gasteiger charge is 2.30. The molecule has 0 aliphatic carbocycles. The van der Waals surface area contributed by atoms with Gasteiger partial charge in [-0.2, -0.15) is 13.2 Å². The SMILES string of the molecule is CC(C)(C)c1ccc(-c2ccc3c(-c4ccc5ccccc5c4)c4ccccc4c(-c4ccc(C(F)(F)F)cc4)c3c2)cc1. The Hall–Kier alpha value is -4.89. The Balaban J connectivity index is 1.54. The van der Waals surface area contributed by atoms with Crippen molar-refractivity contribution in [1.82, 2.24) is 0 Å². The van der Waals surface area contributed by atoms with E-state index in [9.17, 15) is 13.2 Å². The van der Waals surface area contributed by atoms with Crippen molar-refractivity contribution in [3.05, 3.63) is 145 Å². The lowest BCUT2D eigenvalue weighted by molar-refractivity contribution is -0.137. The van der Waals surface area contributed by atoms with Crippen LogP contribution in [0, 0.1) is 0 Å². The van der Waals surface area contributed by atoms with Crippen LogP contribution in [0.3, 0.4) is 0 Å². The van der Waals surface area contributed by atoms with Gasteiger partial charge < -0.3 is 0 Å². The van der Waals surface area contributed by atoms with Crippen molar-refractivity contribution in [2.45, 2.75) is 32.4 Å². The van der Waals surface area contributed by atoms with Crippen LogP contribution in [-0.4, -0.2) is 0 Å². The zero-order valence-corrected chi connectivity index (χ0v) is 24.8. The van der Waals surface area contributed by atoms with Gasteiger partial charge in [0.05, 0.1) is 5.56 Å². The summed E-state index contributed by atoms with van der Waals surface area (Å²) in [5, 5.41) is 6.46. The summed E-state index contributed by atoms with van der Waals surface area (Å²) >= 11 is 0. The lowest BCUT2D eigenvalue weighted by Gasteiger charge is -2.20. The van der Waals surface area contributed by atoms with Gasteiger partial charge in [0, 0.05) is 0 Å². The van der Waals surface area contributed by atoms with Crippen LogP contribution in [0.2, 0.25) is 0 Å². The summed E-state index contributed by atoms with van der Waals surface area (Å²) in [5.74, 6) is 0. The molecular weight excluding hydrogens is 549 g/mol. The van der Waals surface area contributed by atoms with Crippen molar-refractivity contribution < 1.29 is 13.2 Å². The molecule has 7 rings (SSSR count). The fourth-order valence-electron chi connectivity index (χ4n) is 6.31. The maximum atomic E-state index is 13.5. The first-order valence-electron chi connectivity index (χ1n) is 14.8. The molecule has 7 aromatic carbocycles. The summed E-state index contributed by atoms with van der Waals surface area (Å²) in [7, 11) is 0. The Morgan fingerprint density at radius 2 is 0.886 bits per heavy atom. The highest BCUT2D eigenvalue weighted by Crippen LogP contribution is 2.45. The molecule has 0 atom stereocenters. The first kappa shape index (κ1) is 27.9. The highest BCUT2D eigenvalue weighted by atomic mass is 19.4. The largest absolute Gasteiger partial charge is 0.416 e. The van der Waals surface area contributed by atoms with E-state index in [2.05, 4.69) is 106 Å². The van der Waals surface area contributed by atoms with Crippen molar-refractivity contribution in [1.29, 1.82) is 0 Å². The number of benzene rings is 7. The van der Waals surface area contributed by atoms with Crippen molar-refractivity contribution in [2.24, 2.45) is 0 Å². The van der Waals surface area contributed by atoms with E-state index in [0.717, 1.165) is 60.3 Å². The quantitative estimate of drug-likeness (QED) is 0.182. The minimum absolute atomic E-state index is 0.0470. The van der Waals surface area contributed by atoms with Crippen molar-refractivity contribution >= 4 is 32.3 Å². The molecule has 0 aliphatic heterocycles.